The van der Waals surface area contributed by atoms with Crippen LogP contribution in [0.4, 0.5) is 0 Å². The Morgan fingerprint density at radius 2 is 1.93 bits per heavy atom. The largest absolute Gasteiger partial charge is 0.293 e. The molecular weight excluding hydrogens is 192 g/mol. The third kappa shape index (κ3) is 1.72. The Balaban J connectivity index is 2.56. The van der Waals surface area contributed by atoms with Crippen LogP contribution in [0.2, 0.25) is 0 Å². The van der Waals surface area contributed by atoms with E-state index in [1.165, 1.54) is 5.56 Å². The van der Waals surface area contributed by atoms with Crippen LogP contribution < -0.4 is 0 Å². The van der Waals surface area contributed by atoms with Crippen molar-refractivity contribution in [1.29, 1.82) is 0 Å². The fourth-order valence-electron chi connectivity index (χ4n) is 1.26. The van der Waals surface area contributed by atoms with Gasteiger partial charge in [-0.2, -0.15) is 0 Å². The molecule has 0 fully saturated rings. The second-order valence-electron chi connectivity index (χ2n) is 3.11. The average molecular weight is 202 g/mol. The maximum Gasteiger partial charge on any atom is 0.204 e. The van der Waals surface area contributed by atoms with E-state index < -0.39 is 0 Å². The minimum Gasteiger partial charge on any atom is -0.293 e. The van der Waals surface area contributed by atoms with E-state index in [9.17, 15) is 0 Å². The zero-order valence-corrected chi connectivity index (χ0v) is 8.66. The van der Waals surface area contributed by atoms with Gasteiger partial charge in [-0.05, 0) is 37.3 Å². The first-order valence-electron chi connectivity index (χ1n) is 4.38. The van der Waals surface area contributed by atoms with E-state index in [-0.39, 0.29) is 0 Å². The second kappa shape index (κ2) is 3.72. The summed E-state index contributed by atoms with van der Waals surface area (Å²) in [5, 5.41) is 0. The van der Waals surface area contributed by atoms with Crippen molar-refractivity contribution in [2.75, 3.05) is 0 Å². The number of aryl methyl sites for hydroxylation is 1. The van der Waals surface area contributed by atoms with Gasteiger partial charge in [-0.15, -0.1) is 0 Å². The molecule has 0 aliphatic carbocycles. The lowest BCUT2D eigenvalue weighted by Gasteiger charge is -2.05. The summed E-state index contributed by atoms with van der Waals surface area (Å²) in [6.07, 6.45) is 3.62. The number of benzene rings is 1. The zero-order valence-electron chi connectivity index (χ0n) is 7.84. The van der Waals surface area contributed by atoms with Crippen molar-refractivity contribution < 1.29 is 0 Å². The molecule has 14 heavy (non-hydrogen) atoms. The molecule has 1 heterocycles. The van der Waals surface area contributed by atoms with E-state index in [4.69, 9.17) is 12.2 Å². The van der Waals surface area contributed by atoms with Crippen LogP contribution in [-0.4, -0.2) is 9.55 Å². The average Bonchev–Trinajstić information content (AvgIpc) is 2.20. The van der Waals surface area contributed by atoms with E-state index in [2.05, 4.69) is 24.0 Å². The summed E-state index contributed by atoms with van der Waals surface area (Å²) in [5.41, 5.74) is 2.29. The van der Waals surface area contributed by atoms with Crippen LogP contribution in [0.3, 0.4) is 0 Å². The Kier molecular flexibility index (Phi) is 2.41. The molecule has 0 unspecified atom stereocenters. The third-order valence-corrected chi connectivity index (χ3v) is 2.33. The van der Waals surface area contributed by atoms with Crippen molar-refractivity contribution in [3.05, 3.63) is 53.1 Å². The second-order valence-corrected chi connectivity index (χ2v) is 3.47. The van der Waals surface area contributed by atoms with Gasteiger partial charge in [-0.3, -0.25) is 4.57 Å². The standard InChI is InChI=1S/C11H10N2S/c1-9-3-5-10(6-4-9)13-8-2-7-12-11(13)14/h2-8H,1H3. The van der Waals surface area contributed by atoms with Crippen molar-refractivity contribution in [3.63, 3.8) is 0 Å². The van der Waals surface area contributed by atoms with Crippen LogP contribution in [-0.2, 0) is 0 Å². The van der Waals surface area contributed by atoms with Gasteiger partial charge in [0.15, 0.2) is 0 Å². The normalized spacial score (nSPS) is 10.1. The third-order valence-electron chi connectivity index (χ3n) is 2.02. The zero-order chi connectivity index (χ0) is 9.97. The minimum absolute atomic E-state index is 0.580. The van der Waals surface area contributed by atoms with Gasteiger partial charge in [-0.25, -0.2) is 4.98 Å². The molecule has 1 aromatic heterocycles. The Morgan fingerprint density at radius 1 is 1.21 bits per heavy atom. The quantitative estimate of drug-likeness (QED) is 0.662. The van der Waals surface area contributed by atoms with Gasteiger partial charge in [0, 0.05) is 18.1 Å². The molecule has 0 N–H and O–H groups in total. The Morgan fingerprint density at radius 3 is 2.57 bits per heavy atom. The van der Waals surface area contributed by atoms with Gasteiger partial charge in [0.05, 0.1) is 0 Å². The highest BCUT2D eigenvalue weighted by Gasteiger charge is 1.94. The Bertz CT molecular complexity index is 485. The number of hydrogen-bond acceptors (Lipinski definition) is 2. The number of hydrogen-bond donors (Lipinski definition) is 0. The smallest absolute Gasteiger partial charge is 0.204 e. The maximum atomic E-state index is 5.12. The molecular formula is C11H10N2S. The van der Waals surface area contributed by atoms with Crippen molar-refractivity contribution in [2.24, 2.45) is 0 Å². The van der Waals surface area contributed by atoms with Crippen molar-refractivity contribution in [1.82, 2.24) is 9.55 Å². The van der Waals surface area contributed by atoms with Crippen LogP contribution in [0, 0.1) is 11.7 Å². The number of aromatic nitrogens is 2. The van der Waals surface area contributed by atoms with Gasteiger partial charge < -0.3 is 0 Å². The lowest BCUT2D eigenvalue weighted by molar-refractivity contribution is 0.955. The van der Waals surface area contributed by atoms with E-state index in [1.807, 2.05) is 29.0 Å². The topological polar surface area (TPSA) is 17.8 Å². The maximum absolute atomic E-state index is 5.12. The monoisotopic (exact) mass is 202 g/mol. The molecule has 0 saturated heterocycles. The van der Waals surface area contributed by atoms with Crippen molar-refractivity contribution in [3.8, 4) is 5.69 Å². The first-order chi connectivity index (χ1) is 6.77. The summed E-state index contributed by atoms with van der Waals surface area (Å²) >= 11 is 5.12. The van der Waals surface area contributed by atoms with Gasteiger partial charge in [-0.1, -0.05) is 17.7 Å². The fraction of sp³-hybridized carbons (Fsp3) is 0.0909. The lowest BCUT2D eigenvalue weighted by atomic mass is 10.2. The van der Waals surface area contributed by atoms with Crippen LogP contribution in [0.25, 0.3) is 5.69 Å². The van der Waals surface area contributed by atoms with Crippen LogP contribution >= 0.6 is 12.2 Å². The minimum atomic E-state index is 0.580. The molecule has 2 nitrogen and oxygen atoms in total. The van der Waals surface area contributed by atoms with Crippen molar-refractivity contribution in [2.45, 2.75) is 6.92 Å². The molecule has 0 aliphatic heterocycles. The Hall–Kier alpha value is -1.48. The highest BCUT2D eigenvalue weighted by atomic mass is 32.1. The highest BCUT2D eigenvalue weighted by Crippen LogP contribution is 2.08. The molecule has 0 bridgehead atoms. The molecule has 0 atom stereocenters. The first-order valence-corrected chi connectivity index (χ1v) is 4.79. The lowest BCUT2D eigenvalue weighted by Crippen LogP contribution is -1.97. The summed E-state index contributed by atoms with van der Waals surface area (Å²) in [4.78, 5) is 4.06. The summed E-state index contributed by atoms with van der Waals surface area (Å²) in [6.45, 7) is 2.06. The summed E-state index contributed by atoms with van der Waals surface area (Å²) < 4.78 is 2.46. The van der Waals surface area contributed by atoms with E-state index in [0.29, 0.717) is 4.77 Å². The van der Waals surface area contributed by atoms with Gasteiger partial charge in [0.25, 0.3) is 0 Å². The SMILES string of the molecule is Cc1ccc(-n2cccnc2=S)cc1. The number of nitrogens with zero attached hydrogens (tertiary/aromatic N) is 2. The molecule has 0 spiro atoms. The van der Waals surface area contributed by atoms with Crippen LogP contribution in [0.5, 0.6) is 0 Å². The van der Waals surface area contributed by atoms with E-state index >= 15 is 0 Å². The predicted octanol–water partition coefficient (Wildman–Crippen LogP) is 2.91. The summed E-state index contributed by atoms with van der Waals surface area (Å²) in [5.74, 6) is 0. The molecule has 0 radical (unpaired) electrons. The van der Waals surface area contributed by atoms with Crippen LogP contribution in [0.15, 0.2) is 42.7 Å². The molecule has 3 heteroatoms. The summed E-state index contributed by atoms with van der Waals surface area (Å²) in [7, 11) is 0. The van der Waals surface area contributed by atoms with E-state index in [1.54, 1.807) is 6.20 Å². The molecule has 0 saturated carbocycles. The molecule has 0 aliphatic rings. The Labute approximate surface area is 87.9 Å². The van der Waals surface area contributed by atoms with Crippen molar-refractivity contribution >= 4 is 12.2 Å². The molecule has 2 rings (SSSR count). The molecule has 0 amide bonds. The highest BCUT2D eigenvalue weighted by molar-refractivity contribution is 7.71. The predicted molar refractivity (Wildman–Crippen MR) is 59.1 cm³/mol. The van der Waals surface area contributed by atoms with Gasteiger partial charge >= 0.3 is 0 Å². The van der Waals surface area contributed by atoms with Crippen LogP contribution in [0.1, 0.15) is 5.56 Å². The molecule has 70 valence electrons. The molecule has 1 aromatic carbocycles. The summed E-state index contributed by atoms with van der Waals surface area (Å²) in [6, 6.07) is 10.1. The number of rotatable bonds is 1. The fourth-order valence-corrected chi connectivity index (χ4v) is 1.49. The van der Waals surface area contributed by atoms with Gasteiger partial charge in [0.1, 0.15) is 0 Å². The van der Waals surface area contributed by atoms with Gasteiger partial charge in [0.2, 0.25) is 4.77 Å². The first kappa shape index (κ1) is 9.09. The molecule has 2 aromatic rings. The van der Waals surface area contributed by atoms with E-state index in [0.717, 1.165) is 5.69 Å².